The number of carboxylic acid groups (broad SMARTS) is 1. The van der Waals surface area contributed by atoms with Gasteiger partial charge in [0.05, 0.1) is 4.90 Å². The number of hydrogen-bond acceptors (Lipinski definition) is 4. The molecule has 11 heteroatoms. The molecule has 0 spiro atoms. The summed E-state index contributed by atoms with van der Waals surface area (Å²) in [6.45, 7) is -0.000867. The summed E-state index contributed by atoms with van der Waals surface area (Å²) < 4.78 is 53.8. The molecular weight excluding hydrogens is 502 g/mol. The molecule has 1 atom stereocenters. The van der Waals surface area contributed by atoms with Crippen LogP contribution >= 0.6 is 11.6 Å². The molecule has 0 fully saturated rings. The van der Waals surface area contributed by atoms with Gasteiger partial charge >= 0.3 is 5.97 Å². The molecule has 0 heterocycles. The first kappa shape index (κ1) is 26.3. The number of carbonyl (C=O) groups excluding carboxylic acids is 1. The Labute approximate surface area is 205 Å². The van der Waals surface area contributed by atoms with Gasteiger partial charge in [0, 0.05) is 17.1 Å². The van der Waals surface area contributed by atoms with E-state index in [1.165, 1.54) is 12.1 Å². The fourth-order valence-corrected chi connectivity index (χ4v) is 4.55. The molecule has 7 nitrogen and oxygen atoms in total. The molecule has 3 N–H and O–H groups in total. The van der Waals surface area contributed by atoms with Gasteiger partial charge in [-0.2, -0.15) is 4.72 Å². The highest BCUT2D eigenvalue weighted by atomic mass is 35.5. The largest absolute Gasteiger partial charge is 0.480 e. The lowest BCUT2D eigenvalue weighted by molar-refractivity contribution is -0.139. The lowest BCUT2D eigenvalue weighted by Gasteiger charge is -2.15. The number of nitrogens with one attached hydrogen (secondary N) is 2. The summed E-state index contributed by atoms with van der Waals surface area (Å²) in [4.78, 5) is 23.5. The second-order valence-electron chi connectivity index (χ2n) is 7.57. The molecule has 35 heavy (non-hydrogen) atoms. The van der Waals surface area contributed by atoms with Crippen LogP contribution in [0.15, 0.2) is 71.6 Å². The second-order valence-corrected chi connectivity index (χ2v) is 9.72. The Morgan fingerprint density at radius 1 is 0.914 bits per heavy atom. The maximum absolute atomic E-state index is 13.3. The van der Waals surface area contributed by atoms with Crippen LogP contribution in [0.3, 0.4) is 0 Å². The molecule has 3 aromatic rings. The quantitative estimate of drug-likeness (QED) is 0.345. The first-order valence-electron chi connectivity index (χ1n) is 10.4. The van der Waals surface area contributed by atoms with E-state index in [9.17, 15) is 31.9 Å². The van der Waals surface area contributed by atoms with Gasteiger partial charge in [0.2, 0.25) is 10.0 Å². The van der Waals surface area contributed by atoms with Gasteiger partial charge in [-0.1, -0.05) is 35.9 Å². The molecule has 184 valence electrons. The standard InChI is InChI=1S/C24H21ClF2N2O5S/c25-18-8-3-15(4-9-18)16-5-10-19(11-6-16)35(33,34)29-22(24(31)32)2-1-13-28-23(30)17-7-12-20(26)21(27)14-17/h3-12,14,22,29H,1-2,13H2,(H,28,30)(H,31,32)/t22-/m0/s1. The van der Waals surface area contributed by atoms with Crippen LogP contribution < -0.4 is 10.0 Å². The van der Waals surface area contributed by atoms with Crippen LogP contribution in [0.5, 0.6) is 0 Å². The number of rotatable bonds is 10. The monoisotopic (exact) mass is 522 g/mol. The van der Waals surface area contributed by atoms with E-state index in [1.807, 2.05) is 0 Å². The summed E-state index contributed by atoms with van der Waals surface area (Å²) in [5, 5.41) is 12.5. The number of carboxylic acids is 1. The van der Waals surface area contributed by atoms with Crippen LogP contribution in [0.25, 0.3) is 11.1 Å². The molecule has 3 rings (SSSR count). The molecular formula is C24H21ClF2N2O5S. The Kier molecular flexibility index (Phi) is 8.55. The Bertz CT molecular complexity index is 1320. The molecule has 0 aliphatic heterocycles. The van der Waals surface area contributed by atoms with Crippen LogP contribution in [0, 0.1) is 11.6 Å². The van der Waals surface area contributed by atoms with Gasteiger partial charge < -0.3 is 10.4 Å². The van der Waals surface area contributed by atoms with Crippen molar-refractivity contribution in [1.29, 1.82) is 0 Å². The van der Waals surface area contributed by atoms with Gasteiger partial charge in [0.25, 0.3) is 5.91 Å². The normalized spacial score (nSPS) is 12.2. The van der Waals surface area contributed by atoms with Crippen molar-refractivity contribution in [2.24, 2.45) is 0 Å². The van der Waals surface area contributed by atoms with Crippen LogP contribution in [0.1, 0.15) is 23.2 Å². The van der Waals surface area contributed by atoms with E-state index in [2.05, 4.69) is 10.0 Å². The Morgan fingerprint density at radius 2 is 1.51 bits per heavy atom. The van der Waals surface area contributed by atoms with Gasteiger partial charge in [-0.3, -0.25) is 9.59 Å². The van der Waals surface area contributed by atoms with Gasteiger partial charge in [-0.05, 0) is 66.4 Å². The van der Waals surface area contributed by atoms with Crippen LogP contribution in [0.2, 0.25) is 5.02 Å². The third kappa shape index (κ3) is 7.08. The van der Waals surface area contributed by atoms with Crippen molar-refractivity contribution in [3.8, 4) is 11.1 Å². The van der Waals surface area contributed by atoms with E-state index in [-0.39, 0.29) is 29.8 Å². The molecule has 0 saturated heterocycles. The molecule has 0 bridgehead atoms. The Hall–Kier alpha value is -3.34. The summed E-state index contributed by atoms with van der Waals surface area (Å²) in [7, 11) is -4.13. The van der Waals surface area contributed by atoms with E-state index in [0.717, 1.165) is 29.3 Å². The minimum atomic E-state index is -4.13. The number of carbonyl (C=O) groups is 2. The smallest absolute Gasteiger partial charge is 0.321 e. The summed E-state index contributed by atoms with van der Waals surface area (Å²) in [6, 6.07) is 14.2. The SMILES string of the molecule is O=C(NCCC[C@H](NS(=O)(=O)c1ccc(-c2ccc(Cl)cc2)cc1)C(=O)O)c1ccc(F)c(F)c1. The van der Waals surface area contributed by atoms with Crippen molar-refractivity contribution < 1.29 is 31.9 Å². The molecule has 0 aromatic heterocycles. The summed E-state index contributed by atoms with van der Waals surface area (Å²) in [5.74, 6) is -4.30. The van der Waals surface area contributed by atoms with E-state index < -0.39 is 39.6 Å². The summed E-state index contributed by atoms with van der Waals surface area (Å²) in [5.41, 5.74) is 1.49. The van der Waals surface area contributed by atoms with E-state index in [4.69, 9.17) is 11.6 Å². The zero-order valence-electron chi connectivity index (χ0n) is 18.2. The van der Waals surface area contributed by atoms with Crippen molar-refractivity contribution in [1.82, 2.24) is 10.0 Å². The fourth-order valence-electron chi connectivity index (χ4n) is 3.20. The highest BCUT2D eigenvalue weighted by Crippen LogP contribution is 2.23. The van der Waals surface area contributed by atoms with Crippen molar-refractivity contribution in [2.45, 2.75) is 23.8 Å². The van der Waals surface area contributed by atoms with E-state index in [0.29, 0.717) is 5.02 Å². The van der Waals surface area contributed by atoms with Crippen molar-refractivity contribution in [3.63, 3.8) is 0 Å². The molecule has 3 aromatic carbocycles. The number of halogens is 3. The first-order valence-corrected chi connectivity index (χ1v) is 12.3. The van der Waals surface area contributed by atoms with Crippen LogP contribution in [-0.4, -0.2) is 38.0 Å². The van der Waals surface area contributed by atoms with E-state index >= 15 is 0 Å². The van der Waals surface area contributed by atoms with Crippen LogP contribution in [0.4, 0.5) is 8.78 Å². The third-order valence-electron chi connectivity index (χ3n) is 5.07. The minimum absolute atomic E-state index is 0.000867. The number of aliphatic carboxylic acids is 1. The van der Waals surface area contributed by atoms with Gasteiger partial charge in [0.15, 0.2) is 11.6 Å². The lowest BCUT2D eigenvalue weighted by Crippen LogP contribution is -2.41. The van der Waals surface area contributed by atoms with Gasteiger partial charge in [0.1, 0.15) is 6.04 Å². The molecule has 0 unspecified atom stereocenters. The molecule has 0 radical (unpaired) electrons. The molecule has 0 aliphatic rings. The van der Waals surface area contributed by atoms with Crippen molar-refractivity contribution >= 4 is 33.5 Å². The maximum Gasteiger partial charge on any atom is 0.321 e. The second kappa shape index (κ2) is 11.4. The highest BCUT2D eigenvalue weighted by Gasteiger charge is 2.25. The molecule has 0 aliphatic carbocycles. The summed E-state index contributed by atoms with van der Waals surface area (Å²) in [6.07, 6.45) is -0.000110. The Morgan fingerprint density at radius 3 is 2.09 bits per heavy atom. The molecule has 1 amide bonds. The average Bonchev–Trinajstić information content (AvgIpc) is 2.83. The predicted molar refractivity (Wildman–Crippen MR) is 127 cm³/mol. The number of benzene rings is 3. The fraction of sp³-hybridized carbons (Fsp3) is 0.167. The van der Waals surface area contributed by atoms with Gasteiger partial charge in [-0.25, -0.2) is 17.2 Å². The zero-order chi connectivity index (χ0) is 25.6. The zero-order valence-corrected chi connectivity index (χ0v) is 19.7. The number of amides is 1. The highest BCUT2D eigenvalue weighted by molar-refractivity contribution is 7.89. The average molecular weight is 523 g/mol. The van der Waals surface area contributed by atoms with Crippen molar-refractivity contribution in [3.05, 3.63) is 89.0 Å². The van der Waals surface area contributed by atoms with Crippen molar-refractivity contribution in [2.75, 3.05) is 6.54 Å². The molecule has 0 saturated carbocycles. The van der Waals surface area contributed by atoms with Crippen LogP contribution in [-0.2, 0) is 14.8 Å². The summed E-state index contributed by atoms with van der Waals surface area (Å²) >= 11 is 5.88. The third-order valence-corrected chi connectivity index (χ3v) is 6.81. The first-order chi connectivity index (χ1) is 16.6. The van der Waals surface area contributed by atoms with Gasteiger partial charge in [-0.15, -0.1) is 0 Å². The van der Waals surface area contributed by atoms with E-state index in [1.54, 1.807) is 36.4 Å². The Balaban J connectivity index is 1.57. The topological polar surface area (TPSA) is 113 Å². The lowest BCUT2D eigenvalue weighted by atomic mass is 10.1. The predicted octanol–water partition coefficient (Wildman–Crippen LogP) is 4.23. The number of sulfonamides is 1. The number of hydrogen-bond donors (Lipinski definition) is 3. The minimum Gasteiger partial charge on any atom is -0.480 e. The maximum atomic E-state index is 13.3.